The second-order valence-corrected chi connectivity index (χ2v) is 4.94. The molecule has 1 unspecified atom stereocenters. The molecular weight excluding hydrogens is 249 g/mol. The molecule has 0 saturated heterocycles. The highest BCUT2D eigenvalue weighted by atomic mass is 32.1. The van der Waals surface area contributed by atoms with E-state index in [1.807, 2.05) is 6.07 Å². The molecule has 18 heavy (non-hydrogen) atoms. The Bertz CT molecular complexity index is 499. The van der Waals surface area contributed by atoms with Crippen LogP contribution in [-0.4, -0.2) is 7.11 Å². The first-order valence-electron chi connectivity index (χ1n) is 5.88. The Morgan fingerprint density at radius 1 is 1.39 bits per heavy atom. The van der Waals surface area contributed by atoms with Crippen LogP contribution in [0.5, 0.6) is 5.75 Å². The summed E-state index contributed by atoms with van der Waals surface area (Å²) in [5, 5.41) is 5.45. The lowest BCUT2D eigenvalue weighted by Gasteiger charge is -2.19. The fraction of sp³-hybridized carbons (Fsp3) is 0.286. The summed E-state index contributed by atoms with van der Waals surface area (Å²) in [7, 11) is 1.55. The van der Waals surface area contributed by atoms with E-state index in [9.17, 15) is 4.39 Å². The van der Waals surface area contributed by atoms with Crippen molar-refractivity contribution < 1.29 is 9.13 Å². The summed E-state index contributed by atoms with van der Waals surface area (Å²) >= 11 is 1.71. The Morgan fingerprint density at radius 3 is 2.83 bits per heavy atom. The Labute approximate surface area is 110 Å². The van der Waals surface area contributed by atoms with Gasteiger partial charge in [0.2, 0.25) is 0 Å². The van der Waals surface area contributed by atoms with Gasteiger partial charge in [-0.2, -0.15) is 0 Å². The maximum Gasteiger partial charge on any atom is 0.144 e. The molecule has 0 aliphatic heterocycles. The quantitative estimate of drug-likeness (QED) is 0.861. The lowest BCUT2D eigenvalue weighted by molar-refractivity contribution is 0.412. The number of benzene rings is 1. The molecule has 1 aromatic heterocycles. The molecule has 0 aliphatic carbocycles. The first kappa shape index (κ1) is 12.9. The minimum atomic E-state index is -0.290. The summed E-state index contributed by atoms with van der Waals surface area (Å²) in [6, 6.07) is 8.90. The average molecular weight is 265 g/mol. The topological polar surface area (TPSA) is 21.3 Å². The summed E-state index contributed by atoms with van der Waals surface area (Å²) in [6.07, 6.45) is 0.959. The second-order valence-electron chi connectivity index (χ2n) is 3.97. The molecule has 1 heterocycles. The Hall–Kier alpha value is -1.55. The van der Waals surface area contributed by atoms with Crippen LogP contribution in [0.4, 0.5) is 10.1 Å². The summed E-state index contributed by atoms with van der Waals surface area (Å²) in [5.41, 5.74) is 0.819. The lowest BCUT2D eigenvalue weighted by Crippen LogP contribution is -2.09. The molecule has 2 rings (SSSR count). The smallest absolute Gasteiger partial charge is 0.144 e. The summed E-state index contributed by atoms with van der Waals surface area (Å²) in [4.78, 5) is 1.27. The van der Waals surface area contributed by atoms with Crippen LogP contribution in [-0.2, 0) is 0 Å². The number of rotatable bonds is 5. The van der Waals surface area contributed by atoms with Crippen molar-refractivity contribution in [1.29, 1.82) is 0 Å². The van der Waals surface area contributed by atoms with E-state index in [1.165, 1.54) is 17.0 Å². The highest BCUT2D eigenvalue weighted by molar-refractivity contribution is 7.10. The molecule has 0 fully saturated rings. The summed E-state index contributed by atoms with van der Waals surface area (Å²) < 4.78 is 18.3. The normalized spacial score (nSPS) is 12.2. The van der Waals surface area contributed by atoms with Gasteiger partial charge in [0.25, 0.3) is 0 Å². The number of ether oxygens (including phenoxy) is 1. The van der Waals surface area contributed by atoms with Crippen molar-refractivity contribution >= 4 is 17.0 Å². The van der Waals surface area contributed by atoms with Crippen molar-refractivity contribution in [3.05, 3.63) is 46.4 Å². The van der Waals surface area contributed by atoms with E-state index in [1.54, 1.807) is 24.5 Å². The van der Waals surface area contributed by atoms with Crippen LogP contribution in [0.25, 0.3) is 0 Å². The highest BCUT2D eigenvalue weighted by Gasteiger charge is 2.13. The van der Waals surface area contributed by atoms with Crippen molar-refractivity contribution in [2.24, 2.45) is 0 Å². The van der Waals surface area contributed by atoms with Gasteiger partial charge in [0, 0.05) is 10.9 Å². The van der Waals surface area contributed by atoms with E-state index in [0.717, 1.165) is 12.1 Å². The van der Waals surface area contributed by atoms with Gasteiger partial charge in [0.05, 0.1) is 18.8 Å². The van der Waals surface area contributed by atoms with Crippen LogP contribution < -0.4 is 10.1 Å². The largest absolute Gasteiger partial charge is 0.494 e. The molecule has 96 valence electrons. The first-order chi connectivity index (χ1) is 8.74. The third-order valence-electron chi connectivity index (χ3n) is 2.79. The van der Waals surface area contributed by atoms with E-state index in [0.29, 0.717) is 5.75 Å². The van der Waals surface area contributed by atoms with Crippen molar-refractivity contribution in [2.75, 3.05) is 12.4 Å². The SMILES string of the molecule is CCC(Nc1ccc(F)cc1OC)c1cccs1. The van der Waals surface area contributed by atoms with Gasteiger partial charge in [-0.3, -0.25) is 0 Å². The minimum Gasteiger partial charge on any atom is -0.494 e. The predicted octanol–water partition coefficient (Wildman–Crippen LogP) is 4.46. The molecule has 1 atom stereocenters. The lowest BCUT2D eigenvalue weighted by atomic mass is 10.1. The van der Waals surface area contributed by atoms with Crippen molar-refractivity contribution in [3.8, 4) is 5.75 Å². The molecular formula is C14H16FNOS. The fourth-order valence-electron chi connectivity index (χ4n) is 1.84. The molecule has 0 radical (unpaired) electrons. The monoisotopic (exact) mass is 265 g/mol. The van der Waals surface area contributed by atoms with Gasteiger partial charge >= 0.3 is 0 Å². The van der Waals surface area contributed by atoms with E-state index in [-0.39, 0.29) is 11.9 Å². The second kappa shape index (κ2) is 5.87. The maximum absolute atomic E-state index is 13.1. The Balaban J connectivity index is 2.22. The van der Waals surface area contributed by atoms with Crippen LogP contribution in [0.15, 0.2) is 35.7 Å². The number of thiophene rings is 1. The molecule has 2 nitrogen and oxygen atoms in total. The fourth-order valence-corrected chi connectivity index (χ4v) is 2.70. The van der Waals surface area contributed by atoms with Crippen LogP contribution in [0, 0.1) is 5.82 Å². The number of methoxy groups -OCH3 is 1. The van der Waals surface area contributed by atoms with Crippen molar-refractivity contribution in [3.63, 3.8) is 0 Å². The third kappa shape index (κ3) is 2.82. The molecule has 0 aliphatic rings. The molecule has 0 spiro atoms. The van der Waals surface area contributed by atoms with Crippen LogP contribution in [0.2, 0.25) is 0 Å². The predicted molar refractivity (Wildman–Crippen MR) is 73.9 cm³/mol. The zero-order valence-corrected chi connectivity index (χ0v) is 11.3. The van der Waals surface area contributed by atoms with Gasteiger partial charge in [-0.25, -0.2) is 4.39 Å². The van der Waals surface area contributed by atoms with Gasteiger partial charge in [-0.1, -0.05) is 13.0 Å². The highest BCUT2D eigenvalue weighted by Crippen LogP contribution is 2.31. The molecule has 0 amide bonds. The Kier molecular flexibility index (Phi) is 4.20. The first-order valence-corrected chi connectivity index (χ1v) is 6.76. The van der Waals surface area contributed by atoms with Gasteiger partial charge in [-0.15, -0.1) is 11.3 Å². The minimum absolute atomic E-state index is 0.226. The van der Waals surface area contributed by atoms with E-state index < -0.39 is 0 Å². The number of halogens is 1. The zero-order chi connectivity index (χ0) is 13.0. The van der Waals surface area contributed by atoms with Crippen LogP contribution in [0.1, 0.15) is 24.3 Å². The third-order valence-corrected chi connectivity index (χ3v) is 3.77. The van der Waals surface area contributed by atoms with Gasteiger partial charge in [0.1, 0.15) is 11.6 Å². The molecule has 4 heteroatoms. The van der Waals surface area contributed by atoms with Gasteiger partial charge < -0.3 is 10.1 Å². The summed E-state index contributed by atoms with van der Waals surface area (Å²) in [5.74, 6) is 0.242. The Morgan fingerprint density at radius 2 is 2.22 bits per heavy atom. The molecule has 0 bridgehead atoms. The maximum atomic E-state index is 13.1. The van der Waals surface area contributed by atoms with E-state index in [2.05, 4.69) is 23.7 Å². The number of hydrogen-bond donors (Lipinski definition) is 1. The standard InChI is InChI=1S/C14H16FNOS/c1-3-11(14-5-4-8-18-14)16-12-7-6-10(15)9-13(12)17-2/h4-9,11,16H,3H2,1-2H3. The molecule has 0 saturated carbocycles. The van der Waals surface area contributed by atoms with Crippen LogP contribution >= 0.6 is 11.3 Å². The van der Waals surface area contributed by atoms with Crippen molar-refractivity contribution in [1.82, 2.24) is 0 Å². The van der Waals surface area contributed by atoms with E-state index in [4.69, 9.17) is 4.74 Å². The van der Waals surface area contributed by atoms with E-state index >= 15 is 0 Å². The number of hydrogen-bond acceptors (Lipinski definition) is 3. The summed E-state index contributed by atoms with van der Waals surface area (Å²) in [6.45, 7) is 2.12. The van der Waals surface area contributed by atoms with Gasteiger partial charge in [0.15, 0.2) is 0 Å². The van der Waals surface area contributed by atoms with Gasteiger partial charge in [-0.05, 0) is 30.0 Å². The number of anilines is 1. The average Bonchev–Trinajstić information content (AvgIpc) is 2.91. The van der Waals surface area contributed by atoms with Crippen molar-refractivity contribution in [2.45, 2.75) is 19.4 Å². The van der Waals surface area contributed by atoms with Crippen LogP contribution in [0.3, 0.4) is 0 Å². The molecule has 1 N–H and O–H groups in total. The molecule has 2 aromatic rings. The number of nitrogens with one attached hydrogen (secondary N) is 1. The molecule has 1 aromatic carbocycles. The zero-order valence-electron chi connectivity index (χ0n) is 10.4.